The van der Waals surface area contributed by atoms with E-state index >= 15 is 0 Å². The Labute approximate surface area is 119 Å². The number of rotatable bonds is 2. The number of hydrogen-bond acceptors (Lipinski definition) is 8. The first-order chi connectivity index (χ1) is 10.3. The summed E-state index contributed by atoms with van der Waals surface area (Å²) in [6.45, 7) is 1.99. The van der Waals surface area contributed by atoms with Crippen LogP contribution >= 0.6 is 0 Å². The topological polar surface area (TPSA) is 99.2 Å². The Balaban J connectivity index is 1.59. The zero-order valence-electron chi connectivity index (χ0n) is 11.4. The summed E-state index contributed by atoms with van der Waals surface area (Å²) < 4.78 is 8.83. The molecule has 0 radical (unpaired) electrons. The molecule has 10 nitrogen and oxygen atoms in total. The minimum absolute atomic E-state index is 0.161. The van der Waals surface area contributed by atoms with Crippen molar-refractivity contribution in [1.82, 2.24) is 40.0 Å². The molecule has 4 heterocycles. The second-order valence-electron chi connectivity index (χ2n) is 4.80. The molecule has 108 valence electrons. The van der Waals surface area contributed by atoms with Gasteiger partial charge in [0.05, 0.1) is 13.2 Å². The van der Waals surface area contributed by atoms with Gasteiger partial charge in [0.15, 0.2) is 17.3 Å². The maximum atomic E-state index is 5.75. The minimum atomic E-state index is -0.161. The van der Waals surface area contributed by atoms with Gasteiger partial charge in [0.1, 0.15) is 12.4 Å². The lowest BCUT2D eigenvalue weighted by Gasteiger charge is -2.32. The zero-order chi connectivity index (χ0) is 14.2. The summed E-state index contributed by atoms with van der Waals surface area (Å²) in [7, 11) is 1.84. The Kier molecular flexibility index (Phi) is 2.74. The van der Waals surface area contributed by atoms with Crippen LogP contribution in [0.3, 0.4) is 0 Å². The summed E-state index contributed by atoms with van der Waals surface area (Å²) in [4.78, 5) is 6.37. The van der Waals surface area contributed by atoms with Crippen molar-refractivity contribution in [3.05, 3.63) is 24.3 Å². The van der Waals surface area contributed by atoms with Crippen molar-refractivity contribution in [3.63, 3.8) is 0 Å². The second kappa shape index (κ2) is 4.74. The molecule has 0 saturated carbocycles. The third-order valence-electron chi connectivity index (χ3n) is 3.35. The van der Waals surface area contributed by atoms with Gasteiger partial charge < -0.3 is 9.64 Å². The average molecular weight is 287 g/mol. The molecule has 1 aliphatic heterocycles. The van der Waals surface area contributed by atoms with Gasteiger partial charge in [-0.05, 0) is 22.6 Å². The van der Waals surface area contributed by atoms with Gasteiger partial charge in [0, 0.05) is 13.6 Å². The molecule has 1 fully saturated rings. The van der Waals surface area contributed by atoms with Gasteiger partial charge in [-0.1, -0.05) is 0 Å². The van der Waals surface area contributed by atoms with E-state index in [0.717, 1.165) is 12.4 Å². The molecule has 0 spiro atoms. The van der Waals surface area contributed by atoms with Crippen LogP contribution in [0.1, 0.15) is 11.9 Å². The third kappa shape index (κ3) is 2.18. The van der Waals surface area contributed by atoms with Crippen molar-refractivity contribution < 1.29 is 4.74 Å². The Morgan fingerprint density at radius 1 is 1.29 bits per heavy atom. The van der Waals surface area contributed by atoms with Crippen molar-refractivity contribution in [1.29, 1.82) is 0 Å². The Morgan fingerprint density at radius 3 is 3.10 bits per heavy atom. The standard InChI is InChI=1S/C11H13N9O/c1-18-7-12-11(15-18)8-6-19(4-5-21-8)10-3-2-9-13-16-17-20(9)14-10/h2-3,7-8H,4-6H2,1H3. The first kappa shape index (κ1) is 12.1. The molecular weight excluding hydrogens is 274 g/mol. The van der Waals surface area contributed by atoms with E-state index in [1.165, 1.54) is 4.63 Å². The molecule has 0 aromatic carbocycles. The van der Waals surface area contributed by atoms with E-state index in [9.17, 15) is 0 Å². The summed E-state index contributed by atoms with van der Waals surface area (Å²) in [5.74, 6) is 1.49. The van der Waals surface area contributed by atoms with Crippen molar-refractivity contribution >= 4 is 11.5 Å². The molecule has 4 rings (SSSR count). The van der Waals surface area contributed by atoms with Gasteiger partial charge in [-0.25, -0.2) is 4.98 Å². The van der Waals surface area contributed by atoms with Gasteiger partial charge >= 0.3 is 0 Å². The maximum Gasteiger partial charge on any atom is 0.200 e. The lowest BCUT2D eigenvalue weighted by Crippen LogP contribution is -2.39. The number of morpholine rings is 1. The van der Waals surface area contributed by atoms with Crippen LogP contribution in [0.15, 0.2) is 18.5 Å². The van der Waals surface area contributed by atoms with E-state index in [1.54, 1.807) is 11.0 Å². The van der Waals surface area contributed by atoms with Gasteiger partial charge in [-0.2, -0.15) is 5.10 Å². The van der Waals surface area contributed by atoms with Crippen LogP contribution in [0, 0.1) is 0 Å². The molecule has 0 N–H and O–H groups in total. The summed E-state index contributed by atoms with van der Waals surface area (Å²) in [5.41, 5.74) is 0.620. The van der Waals surface area contributed by atoms with Crippen LogP contribution in [0.5, 0.6) is 0 Å². The van der Waals surface area contributed by atoms with E-state index in [1.807, 2.05) is 19.2 Å². The van der Waals surface area contributed by atoms with Crippen molar-refractivity contribution in [3.8, 4) is 0 Å². The van der Waals surface area contributed by atoms with E-state index in [-0.39, 0.29) is 6.10 Å². The maximum absolute atomic E-state index is 5.75. The van der Waals surface area contributed by atoms with Crippen LogP contribution in [0.4, 0.5) is 5.82 Å². The van der Waals surface area contributed by atoms with Crippen LogP contribution < -0.4 is 4.90 Å². The van der Waals surface area contributed by atoms with E-state index in [0.29, 0.717) is 24.6 Å². The lowest BCUT2D eigenvalue weighted by atomic mass is 10.2. The highest BCUT2D eigenvalue weighted by molar-refractivity contribution is 5.44. The summed E-state index contributed by atoms with van der Waals surface area (Å²) in [6, 6.07) is 3.74. The molecule has 1 atom stereocenters. The quantitative estimate of drug-likeness (QED) is 0.605. The fraction of sp³-hybridized carbons (Fsp3) is 0.455. The molecule has 10 heteroatoms. The first-order valence-corrected chi connectivity index (χ1v) is 6.57. The monoisotopic (exact) mass is 287 g/mol. The fourth-order valence-electron chi connectivity index (χ4n) is 2.33. The lowest BCUT2D eigenvalue weighted by molar-refractivity contribution is 0.0336. The SMILES string of the molecule is Cn1cnc(C2CN(c3ccc4nnnn4n3)CCO2)n1. The number of ether oxygens (including phenoxy) is 1. The first-order valence-electron chi connectivity index (χ1n) is 6.57. The van der Waals surface area contributed by atoms with E-state index in [2.05, 4.69) is 35.6 Å². The number of nitrogens with zero attached hydrogens (tertiary/aromatic N) is 9. The molecule has 3 aromatic heterocycles. The zero-order valence-corrected chi connectivity index (χ0v) is 11.4. The van der Waals surface area contributed by atoms with Crippen LogP contribution in [-0.4, -0.2) is 59.7 Å². The number of aromatic nitrogens is 8. The fourth-order valence-corrected chi connectivity index (χ4v) is 2.33. The van der Waals surface area contributed by atoms with Crippen molar-refractivity contribution in [2.24, 2.45) is 7.05 Å². The largest absolute Gasteiger partial charge is 0.366 e. The highest BCUT2D eigenvalue weighted by Gasteiger charge is 2.26. The molecule has 0 amide bonds. The highest BCUT2D eigenvalue weighted by Crippen LogP contribution is 2.22. The molecule has 0 aliphatic carbocycles. The van der Waals surface area contributed by atoms with E-state index in [4.69, 9.17) is 4.74 Å². The summed E-state index contributed by atoms with van der Waals surface area (Å²) in [6.07, 6.45) is 1.51. The second-order valence-corrected chi connectivity index (χ2v) is 4.80. The molecular formula is C11H13N9O. The van der Waals surface area contributed by atoms with Crippen molar-refractivity contribution in [2.75, 3.05) is 24.6 Å². The molecule has 0 bridgehead atoms. The predicted octanol–water partition coefficient (Wildman–Crippen LogP) is -0.774. The minimum Gasteiger partial charge on any atom is -0.366 e. The van der Waals surface area contributed by atoms with Crippen LogP contribution in [-0.2, 0) is 11.8 Å². The van der Waals surface area contributed by atoms with Crippen LogP contribution in [0.2, 0.25) is 0 Å². The normalized spacial score (nSPS) is 19.3. The summed E-state index contributed by atoms with van der Waals surface area (Å²) >= 11 is 0. The molecule has 3 aromatic rings. The van der Waals surface area contributed by atoms with Crippen molar-refractivity contribution in [2.45, 2.75) is 6.10 Å². The number of tetrazole rings is 1. The van der Waals surface area contributed by atoms with Gasteiger partial charge in [0.2, 0.25) is 0 Å². The Bertz CT molecular complexity index is 766. The van der Waals surface area contributed by atoms with Gasteiger partial charge in [-0.15, -0.1) is 14.8 Å². The number of aryl methyl sites for hydroxylation is 1. The number of fused-ring (bicyclic) bond motifs is 1. The average Bonchev–Trinajstić information content (AvgIpc) is 3.15. The van der Waals surface area contributed by atoms with Gasteiger partial charge in [0.25, 0.3) is 0 Å². The van der Waals surface area contributed by atoms with E-state index < -0.39 is 0 Å². The Hall–Kier alpha value is -2.62. The van der Waals surface area contributed by atoms with Crippen LogP contribution in [0.25, 0.3) is 5.65 Å². The smallest absolute Gasteiger partial charge is 0.200 e. The molecule has 1 aliphatic rings. The molecule has 1 unspecified atom stereocenters. The summed E-state index contributed by atoms with van der Waals surface area (Å²) in [5, 5.41) is 19.9. The Morgan fingerprint density at radius 2 is 2.24 bits per heavy atom. The van der Waals surface area contributed by atoms with Gasteiger partial charge in [-0.3, -0.25) is 4.68 Å². The third-order valence-corrected chi connectivity index (χ3v) is 3.35. The number of hydrogen-bond donors (Lipinski definition) is 0. The molecule has 21 heavy (non-hydrogen) atoms. The molecule has 1 saturated heterocycles. The highest BCUT2D eigenvalue weighted by atomic mass is 16.5. The predicted molar refractivity (Wildman–Crippen MR) is 70.5 cm³/mol. The number of anilines is 1.